The molecule has 2 heterocycles. The lowest BCUT2D eigenvalue weighted by molar-refractivity contribution is -0.305. The Bertz CT molecular complexity index is 481. The summed E-state index contributed by atoms with van der Waals surface area (Å²) in [5.41, 5.74) is 0.728. The lowest BCUT2D eigenvalue weighted by atomic mass is 10.3. The van der Waals surface area contributed by atoms with Gasteiger partial charge in [-0.05, 0) is 18.6 Å². The van der Waals surface area contributed by atoms with Gasteiger partial charge in [0.25, 0.3) is 0 Å². The van der Waals surface area contributed by atoms with Crippen molar-refractivity contribution in [1.82, 2.24) is 15.1 Å². The van der Waals surface area contributed by atoms with Gasteiger partial charge in [0, 0.05) is 30.3 Å². The Labute approximate surface area is 90.9 Å². The first-order chi connectivity index (χ1) is 7.75. The van der Waals surface area contributed by atoms with E-state index in [1.165, 1.54) is 0 Å². The molecule has 0 aliphatic rings. The average molecular weight is 218 g/mol. The summed E-state index contributed by atoms with van der Waals surface area (Å²) >= 11 is 0. The van der Waals surface area contributed by atoms with Gasteiger partial charge < -0.3 is 14.4 Å². The summed E-state index contributed by atoms with van der Waals surface area (Å²) in [6.45, 7) is 0. The van der Waals surface area contributed by atoms with Crippen molar-refractivity contribution in [3.8, 4) is 11.4 Å². The second-order valence-corrected chi connectivity index (χ2v) is 3.13. The van der Waals surface area contributed by atoms with Crippen LogP contribution in [0.5, 0.6) is 0 Å². The van der Waals surface area contributed by atoms with Gasteiger partial charge in [-0.3, -0.25) is 4.98 Å². The van der Waals surface area contributed by atoms with Crippen LogP contribution in [-0.4, -0.2) is 21.1 Å². The minimum Gasteiger partial charge on any atom is -0.550 e. The third-order valence-corrected chi connectivity index (χ3v) is 1.93. The molecule has 0 N–H and O–H groups in total. The van der Waals surface area contributed by atoms with Crippen molar-refractivity contribution in [3.05, 3.63) is 30.4 Å². The van der Waals surface area contributed by atoms with Crippen molar-refractivity contribution in [2.24, 2.45) is 0 Å². The first-order valence-corrected chi connectivity index (χ1v) is 4.68. The van der Waals surface area contributed by atoms with E-state index in [4.69, 9.17) is 4.52 Å². The van der Waals surface area contributed by atoms with Crippen LogP contribution in [0.4, 0.5) is 0 Å². The maximum Gasteiger partial charge on any atom is 0.227 e. The molecular formula is C10H8N3O3-. The van der Waals surface area contributed by atoms with E-state index >= 15 is 0 Å². The largest absolute Gasteiger partial charge is 0.550 e. The van der Waals surface area contributed by atoms with Crippen LogP contribution in [0.1, 0.15) is 12.3 Å². The molecule has 0 atom stereocenters. The fourth-order valence-corrected chi connectivity index (χ4v) is 1.18. The molecule has 0 aromatic carbocycles. The number of nitrogens with zero attached hydrogens (tertiary/aromatic N) is 3. The van der Waals surface area contributed by atoms with Crippen LogP contribution in [0.25, 0.3) is 11.4 Å². The van der Waals surface area contributed by atoms with Crippen LogP contribution in [-0.2, 0) is 11.2 Å². The average Bonchev–Trinajstić information content (AvgIpc) is 2.76. The molecule has 0 aliphatic heterocycles. The number of aryl methyl sites for hydroxylation is 1. The minimum atomic E-state index is -1.14. The number of hydrogen-bond acceptors (Lipinski definition) is 6. The number of pyridine rings is 1. The van der Waals surface area contributed by atoms with Crippen LogP contribution in [0.2, 0.25) is 0 Å². The summed E-state index contributed by atoms with van der Waals surface area (Å²) in [5.74, 6) is -0.453. The standard InChI is InChI=1S/C10H9N3O3/c14-9(15)4-3-8-12-10(13-16-8)7-2-1-5-11-6-7/h1-2,5-6H,3-4H2,(H,14,15)/p-1. The minimum absolute atomic E-state index is 0.130. The Hall–Kier alpha value is -2.24. The van der Waals surface area contributed by atoms with Crippen molar-refractivity contribution in [1.29, 1.82) is 0 Å². The van der Waals surface area contributed by atoms with E-state index in [9.17, 15) is 9.90 Å². The molecule has 0 saturated carbocycles. The topological polar surface area (TPSA) is 91.9 Å². The summed E-state index contributed by atoms with van der Waals surface area (Å²) in [4.78, 5) is 18.2. The number of aliphatic carboxylic acids is 1. The lowest BCUT2D eigenvalue weighted by Gasteiger charge is -1.95. The van der Waals surface area contributed by atoms with Crippen molar-refractivity contribution in [2.45, 2.75) is 12.8 Å². The zero-order chi connectivity index (χ0) is 11.4. The Morgan fingerprint density at radius 1 is 1.50 bits per heavy atom. The van der Waals surface area contributed by atoms with Gasteiger partial charge in [-0.1, -0.05) is 5.16 Å². The number of carbonyl (C=O) groups is 1. The SMILES string of the molecule is O=C([O-])CCc1nc(-c2cccnc2)no1. The van der Waals surface area contributed by atoms with Crippen molar-refractivity contribution in [2.75, 3.05) is 0 Å². The molecule has 0 amide bonds. The highest BCUT2D eigenvalue weighted by Gasteiger charge is 2.07. The van der Waals surface area contributed by atoms with E-state index in [0.717, 1.165) is 5.56 Å². The van der Waals surface area contributed by atoms with E-state index in [2.05, 4.69) is 15.1 Å². The highest BCUT2D eigenvalue weighted by Crippen LogP contribution is 2.13. The van der Waals surface area contributed by atoms with E-state index in [1.54, 1.807) is 24.5 Å². The zero-order valence-corrected chi connectivity index (χ0v) is 8.29. The summed E-state index contributed by atoms with van der Waals surface area (Å²) in [6, 6.07) is 3.55. The van der Waals surface area contributed by atoms with Gasteiger partial charge in [-0.2, -0.15) is 4.98 Å². The fourth-order valence-electron chi connectivity index (χ4n) is 1.18. The number of carboxylic acid groups (broad SMARTS) is 1. The number of aromatic nitrogens is 3. The molecule has 2 rings (SSSR count). The summed E-state index contributed by atoms with van der Waals surface area (Å²) in [5, 5.41) is 14.0. The molecule has 0 spiro atoms. The molecule has 6 heteroatoms. The highest BCUT2D eigenvalue weighted by molar-refractivity contribution is 5.64. The molecule has 82 valence electrons. The number of carbonyl (C=O) groups excluding carboxylic acids is 1. The molecule has 6 nitrogen and oxygen atoms in total. The second-order valence-electron chi connectivity index (χ2n) is 3.13. The summed E-state index contributed by atoms with van der Waals surface area (Å²) in [6.07, 6.45) is 3.29. The Kier molecular flexibility index (Phi) is 2.90. The molecule has 16 heavy (non-hydrogen) atoms. The third-order valence-electron chi connectivity index (χ3n) is 1.93. The Morgan fingerprint density at radius 3 is 3.06 bits per heavy atom. The third kappa shape index (κ3) is 2.41. The molecular weight excluding hydrogens is 210 g/mol. The Balaban J connectivity index is 2.11. The first kappa shape index (κ1) is 10.3. The normalized spacial score (nSPS) is 10.2. The first-order valence-electron chi connectivity index (χ1n) is 4.68. The van der Waals surface area contributed by atoms with Gasteiger partial charge in [-0.25, -0.2) is 0 Å². The lowest BCUT2D eigenvalue weighted by Crippen LogP contribution is -2.22. The van der Waals surface area contributed by atoms with Gasteiger partial charge in [-0.15, -0.1) is 0 Å². The van der Waals surface area contributed by atoms with Crippen LogP contribution < -0.4 is 5.11 Å². The van der Waals surface area contributed by atoms with Crippen LogP contribution in [0, 0.1) is 0 Å². The molecule has 0 saturated heterocycles. The molecule has 0 aliphatic carbocycles. The highest BCUT2D eigenvalue weighted by atomic mass is 16.5. The van der Waals surface area contributed by atoms with Gasteiger partial charge in [0.15, 0.2) is 0 Å². The van der Waals surface area contributed by atoms with Gasteiger partial charge >= 0.3 is 0 Å². The predicted molar refractivity (Wildman–Crippen MR) is 50.9 cm³/mol. The van der Waals surface area contributed by atoms with E-state index in [0.29, 0.717) is 5.82 Å². The summed E-state index contributed by atoms with van der Waals surface area (Å²) < 4.78 is 4.89. The monoisotopic (exact) mass is 218 g/mol. The molecule has 2 aromatic rings. The molecule has 0 radical (unpaired) electrons. The smallest absolute Gasteiger partial charge is 0.227 e. The molecule has 0 bridgehead atoms. The zero-order valence-electron chi connectivity index (χ0n) is 8.29. The van der Waals surface area contributed by atoms with Gasteiger partial charge in [0.1, 0.15) is 0 Å². The van der Waals surface area contributed by atoms with Crippen LogP contribution in [0.15, 0.2) is 29.0 Å². The number of rotatable bonds is 4. The van der Waals surface area contributed by atoms with Gasteiger partial charge in [0.05, 0.1) is 0 Å². The van der Waals surface area contributed by atoms with Crippen molar-refractivity contribution in [3.63, 3.8) is 0 Å². The molecule has 0 fully saturated rings. The maximum atomic E-state index is 10.2. The predicted octanol–water partition coefficient (Wildman–Crippen LogP) is -0.186. The second kappa shape index (κ2) is 4.52. The number of carboxylic acids is 1. The van der Waals surface area contributed by atoms with Crippen molar-refractivity contribution >= 4 is 5.97 Å². The van der Waals surface area contributed by atoms with E-state index in [1.807, 2.05) is 0 Å². The van der Waals surface area contributed by atoms with E-state index in [-0.39, 0.29) is 18.7 Å². The molecule has 2 aromatic heterocycles. The Morgan fingerprint density at radius 2 is 2.38 bits per heavy atom. The maximum absolute atomic E-state index is 10.2. The van der Waals surface area contributed by atoms with Crippen LogP contribution >= 0.6 is 0 Å². The molecule has 0 unspecified atom stereocenters. The fraction of sp³-hybridized carbons (Fsp3) is 0.200. The quantitative estimate of drug-likeness (QED) is 0.706. The van der Waals surface area contributed by atoms with Crippen LogP contribution in [0.3, 0.4) is 0 Å². The number of hydrogen-bond donors (Lipinski definition) is 0. The summed E-state index contributed by atoms with van der Waals surface area (Å²) in [7, 11) is 0. The van der Waals surface area contributed by atoms with E-state index < -0.39 is 5.97 Å². The van der Waals surface area contributed by atoms with Gasteiger partial charge in [0.2, 0.25) is 11.7 Å². The van der Waals surface area contributed by atoms with Crippen molar-refractivity contribution < 1.29 is 14.4 Å².